The molecule has 0 unspecified atom stereocenters. The Morgan fingerprint density at radius 2 is 1.68 bits per heavy atom. The normalized spacial score (nSPS) is 17.7. The Kier molecular flexibility index (Phi) is 7.83. The van der Waals surface area contributed by atoms with Crippen LogP contribution in [-0.4, -0.2) is 58.9 Å². The average molecular weight is 568 g/mol. The van der Waals surface area contributed by atoms with Gasteiger partial charge < -0.3 is 0 Å². The fourth-order valence-electron chi connectivity index (χ4n) is 5.05. The lowest BCUT2D eigenvalue weighted by Crippen LogP contribution is -2.42. The van der Waals surface area contributed by atoms with Crippen molar-refractivity contribution in [2.75, 3.05) is 19.6 Å². The molecule has 0 saturated carbocycles. The van der Waals surface area contributed by atoms with Crippen molar-refractivity contribution in [1.29, 1.82) is 5.26 Å². The van der Waals surface area contributed by atoms with Crippen LogP contribution in [0.4, 0.5) is 0 Å². The van der Waals surface area contributed by atoms with Crippen molar-refractivity contribution in [1.82, 2.24) is 19.0 Å². The molecule has 0 atom stereocenters. The highest BCUT2D eigenvalue weighted by Gasteiger charge is 2.35. The van der Waals surface area contributed by atoms with Gasteiger partial charge >= 0.3 is 0 Å². The van der Waals surface area contributed by atoms with Crippen LogP contribution in [0, 0.1) is 11.3 Å². The number of sulfonamides is 1. The van der Waals surface area contributed by atoms with E-state index >= 15 is 0 Å². The Hall–Kier alpha value is -4.59. The first-order valence-corrected chi connectivity index (χ1v) is 14.8. The highest BCUT2D eigenvalue weighted by atomic mass is 32.2. The molecule has 2 aliphatic heterocycles. The summed E-state index contributed by atoms with van der Waals surface area (Å²) in [4.78, 5) is 27.3. The molecule has 0 radical (unpaired) electrons. The molecule has 1 aromatic heterocycles. The number of amides is 2. The van der Waals surface area contributed by atoms with Crippen molar-refractivity contribution in [3.63, 3.8) is 0 Å². The average Bonchev–Trinajstić information content (AvgIpc) is 3.43. The smallest absolute Gasteiger partial charge is 0.270 e. The van der Waals surface area contributed by atoms with Gasteiger partial charge in [0.2, 0.25) is 10.0 Å². The summed E-state index contributed by atoms with van der Waals surface area (Å²) in [5.41, 5.74) is 2.87. The van der Waals surface area contributed by atoms with Crippen molar-refractivity contribution >= 4 is 27.9 Å². The first-order chi connectivity index (χ1) is 19.8. The van der Waals surface area contributed by atoms with E-state index in [1.165, 1.54) is 10.4 Å². The zero-order valence-electron chi connectivity index (χ0n) is 22.7. The number of para-hydroxylation sites is 1. The fraction of sp³-hybridized carbons (Fsp3) is 0.226. The van der Waals surface area contributed by atoms with E-state index in [9.17, 15) is 23.3 Å². The number of carbonyl (C=O) groups excluding carboxylic acids is 2. The Morgan fingerprint density at radius 3 is 2.32 bits per heavy atom. The quantitative estimate of drug-likeness (QED) is 0.236. The third-order valence-electron chi connectivity index (χ3n) is 7.28. The second-order valence-electron chi connectivity index (χ2n) is 9.88. The van der Waals surface area contributed by atoms with E-state index in [1.807, 2.05) is 36.4 Å². The first-order valence-electron chi connectivity index (χ1n) is 13.3. The molecule has 208 valence electrons. The van der Waals surface area contributed by atoms with Crippen LogP contribution >= 0.6 is 0 Å². The molecule has 0 aliphatic carbocycles. The van der Waals surface area contributed by atoms with Gasteiger partial charge in [-0.2, -0.15) is 14.7 Å². The predicted octanol–water partition coefficient (Wildman–Crippen LogP) is 4.49. The number of benzene rings is 2. The fourth-order valence-corrected chi connectivity index (χ4v) is 6.57. The number of carbonyl (C=O) groups is 2. The number of imide groups is 1. The SMILES string of the molecule is C=CCN1C(=O)C(C#N)=C(C)/C(=C\c2cn(-c3ccccc3)nc2-c2ccc(S(=O)(=O)N3CCCCC3)cc2)C1=O. The molecule has 3 aromatic rings. The van der Waals surface area contributed by atoms with Gasteiger partial charge in [-0.05, 0) is 55.7 Å². The molecule has 2 aliphatic rings. The van der Waals surface area contributed by atoms with Gasteiger partial charge in [-0.15, -0.1) is 6.58 Å². The van der Waals surface area contributed by atoms with Crippen molar-refractivity contribution in [2.24, 2.45) is 0 Å². The molecule has 0 spiro atoms. The molecule has 41 heavy (non-hydrogen) atoms. The summed E-state index contributed by atoms with van der Waals surface area (Å²) in [6.45, 7) is 6.20. The van der Waals surface area contributed by atoms with E-state index in [4.69, 9.17) is 5.10 Å². The zero-order chi connectivity index (χ0) is 29.1. The lowest BCUT2D eigenvalue weighted by molar-refractivity contribution is -0.139. The number of nitrogens with zero attached hydrogens (tertiary/aromatic N) is 5. The molecule has 0 N–H and O–H groups in total. The molecular formula is C31H29N5O4S. The number of nitriles is 1. The number of piperidine rings is 1. The van der Waals surface area contributed by atoms with Crippen molar-refractivity contribution < 1.29 is 18.0 Å². The third-order valence-corrected chi connectivity index (χ3v) is 9.19. The lowest BCUT2D eigenvalue weighted by Gasteiger charge is -2.26. The Balaban J connectivity index is 1.62. The first kappa shape index (κ1) is 28.0. The molecule has 3 heterocycles. The molecule has 1 fully saturated rings. The maximum absolute atomic E-state index is 13.4. The van der Waals surface area contributed by atoms with E-state index in [2.05, 4.69) is 6.58 Å². The number of aromatic nitrogens is 2. The maximum Gasteiger partial charge on any atom is 0.271 e. The van der Waals surface area contributed by atoms with Gasteiger partial charge in [0, 0.05) is 42.5 Å². The van der Waals surface area contributed by atoms with Gasteiger partial charge in [-0.3, -0.25) is 14.5 Å². The minimum Gasteiger partial charge on any atom is -0.270 e. The monoisotopic (exact) mass is 567 g/mol. The van der Waals surface area contributed by atoms with Gasteiger partial charge in [0.1, 0.15) is 11.6 Å². The molecule has 2 amide bonds. The van der Waals surface area contributed by atoms with Gasteiger partial charge in [0.15, 0.2) is 0 Å². The summed E-state index contributed by atoms with van der Waals surface area (Å²) in [7, 11) is -3.60. The Bertz CT molecular complexity index is 1720. The van der Waals surface area contributed by atoms with Gasteiger partial charge in [-0.1, -0.05) is 42.8 Å². The number of rotatable bonds is 7. The van der Waals surface area contributed by atoms with Gasteiger partial charge in [0.25, 0.3) is 11.8 Å². The molecule has 0 bridgehead atoms. The van der Waals surface area contributed by atoms with Gasteiger partial charge in [-0.25, -0.2) is 13.1 Å². The molecule has 10 heteroatoms. The Labute approximate surface area is 239 Å². The van der Waals surface area contributed by atoms with Crippen molar-refractivity contribution in [3.05, 3.63) is 95.7 Å². The van der Waals surface area contributed by atoms with Crippen LogP contribution in [-0.2, 0) is 19.6 Å². The summed E-state index contributed by atoms with van der Waals surface area (Å²) >= 11 is 0. The predicted molar refractivity (Wildman–Crippen MR) is 155 cm³/mol. The molecule has 9 nitrogen and oxygen atoms in total. The standard InChI is InChI=1S/C31H29N5O4S/c1-3-16-35-30(37)27(22(2)28(20-32)31(35)38)19-24-21-36(25-10-6-4-7-11-25)33-29(24)23-12-14-26(15-13-23)41(39,40)34-17-8-5-9-18-34/h3-4,6-7,10-15,19,21H,1,5,8-9,16-18H2,2H3/b27-19+. The van der Waals surface area contributed by atoms with Crippen LogP contribution in [0.5, 0.6) is 0 Å². The number of hydrogen-bond donors (Lipinski definition) is 0. The zero-order valence-corrected chi connectivity index (χ0v) is 23.5. The molecule has 2 aromatic carbocycles. The topological polar surface area (TPSA) is 116 Å². The molecule has 5 rings (SSSR count). The summed E-state index contributed by atoms with van der Waals surface area (Å²) in [6, 6.07) is 17.9. The van der Waals surface area contributed by atoms with E-state index in [0.717, 1.165) is 29.8 Å². The minimum absolute atomic E-state index is 0.0312. The molecular weight excluding hydrogens is 538 g/mol. The highest BCUT2D eigenvalue weighted by molar-refractivity contribution is 7.89. The van der Waals surface area contributed by atoms with Crippen LogP contribution < -0.4 is 0 Å². The van der Waals surface area contributed by atoms with E-state index in [1.54, 1.807) is 48.1 Å². The van der Waals surface area contributed by atoms with Crippen LogP contribution in [0.15, 0.2) is 95.1 Å². The van der Waals surface area contributed by atoms with E-state index < -0.39 is 21.8 Å². The summed E-state index contributed by atoms with van der Waals surface area (Å²) < 4.78 is 29.6. The highest BCUT2D eigenvalue weighted by Crippen LogP contribution is 2.32. The Morgan fingerprint density at radius 1 is 1.00 bits per heavy atom. The van der Waals surface area contributed by atoms with Crippen LogP contribution in [0.1, 0.15) is 31.7 Å². The minimum atomic E-state index is -3.60. The molecule has 1 saturated heterocycles. The van der Waals surface area contributed by atoms with Crippen molar-refractivity contribution in [3.8, 4) is 23.0 Å². The van der Waals surface area contributed by atoms with Crippen LogP contribution in [0.3, 0.4) is 0 Å². The van der Waals surface area contributed by atoms with E-state index in [-0.39, 0.29) is 28.2 Å². The maximum atomic E-state index is 13.4. The van der Waals surface area contributed by atoms with Crippen molar-refractivity contribution in [2.45, 2.75) is 31.1 Å². The van der Waals surface area contributed by atoms with Crippen LogP contribution in [0.2, 0.25) is 0 Å². The van der Waals surface area contributed by atoms with Crippen LogP contribution in [0.25, 0.3) is 23.0 Å². The summed E-state index contributed by atoms with van der Waals surface area (Å²) in [5, 5.41) is 14.5. The lowest BCUT2D eigenvalue weighted by atomic mass is 9.93. The van der Waals surface area contributed by atoms with Gasteiger partial charge in [0.05, 0.1) is 16.3 Å². The van der Waals surface area contributed by atoms with E-state index in [0.29, 0.717) is 29.9 Å². The summed E-state index contributed by atoms with van der Waals surface area (Å²) in [6.07, 6.45) is 7.54. The largest absolute Gasteiger partial charge is 0.271 e. The second kappa shape index (κ2) is 11.5. The second-order valence-corrected chi connectivity index (χ2v) is 11.8. The third kappa shape index (κ3) is 5.29. The summed E-state index contributed by atoms with van der Waals surface area (Å²) in [5.74, 6) is -1.19. The number of hydrogen-bond acceptors (Lipinski definition) is 6.